The molecule has 1 aromatic carbocycles. The highest BCUT2D eigenvalue weighted by Gasteiger charge is 2.24. The Labute approximate surface area is 157 Å². The van der Waals surface area contributed by atoms with Crippen LogP contribution in [0.15, 0.2) is 36.5 Å². The Kier molecular flexibility index (Phi) is 5.15. The van der Waals surface area contributed by atoms with Gasteiger partial charge in [-0.05, 0) is 12.1 Å². The summed E-state index contributed by atoms with van der Waals surface area (Å²) >= 11 is 0. The quantitative estimate of drug-likeness (QED) is 0.813. The largest absolute Gasteiger partial charge is 0.378 e. The van der Waals surface area contributed by atoms with Gasteiger partial charge in [0.25, 0.3) is 5.91 Å². The van der Waals surface area contributed by atoms with Crippen LogP contribution < -0.4 is 9.80 Å². The van der Waals surface area contributed by atoms with Crippen molar-refractivity contribution in [2.45, 2.75) is 0 Å². The summed E-state index contributed by atoms with van der Waals surface area (Å²) in [5.41, 5.74) is 1.12. The van der Waals surface area contributed by atoms with E-state index < -0.39 is 5.82 Å². The third kappa shape index (κ3) is 3.85. The van der Waals surface area contributed by atoms with Gasteiger partial charge in [-0.2, -0.15) is 5.10 Å². The zero-order valence-corrected chi connectivity index (χ0v) is 15.1. The first-order chi connectivity index (χ1) is 13.2. The molecular weight excluding hydrogens is 349 g/mol. The molecule has 3 heterocycles. The normalized spacial score (nSPS) is 17.9. The van der Waals surface area contributed by atoms with Crippen LogP contribution in [0.3, 0.4) is 0 Å². The summed E-state index contributed by atoms with van der Waals surface area (Å²) in [6.45, 7) is 5.45. The van der Waals surface area contributed by atoms with Crippen LogP contribution in [0.1, 0.15) is 10.4 Å². The van der Waals surface area contributed by atoms with E-state index in [1.54, 1.807) is 23.2 Å². The van der Waals surface area contributed by atoms with E-state index in [2.05, 4.69) is 20.0 Å². The lowest BCUT2D eigenvalue weighted by Crippen LogP contribution is -2.49. The van der Waals surface area contributed by atoms with Crippen molar-refractivity contribution in [1.29, 1.82) is 0 Å². The van der Waals surface area contributed by atoms with Gasteiger partial charge in [0.1, 0.15) is 5.82 Å². The minimum Gasteiger partial charge on any atom is -0.378 e. The van der Waals surface area contributed by atoms with E-state index in [9.17, 15) is 9.18 Å². The monoisotopic (exact) mass is 371 g/mol. The first kappa shape index (κ1) is 17.7. The molecule has 0 unspecified atom stereocenters. The zero-order valence-electron chi connectivity index (χ0n) is 15.1. The number of morpholine rings is 1. The van der Waals surface area contributed by atoms with Gasteiger partial charge in [0.2, 0.25) is 0 Å². The van der Waals surface area contributed by atoms with Gasteiger partial charge in [-0.1, -0.05) is 12.1 Å². The Morgan fingerprint density at radius 1 is 1.00 bits per heavy atom. The Hall–Kier alpha value is -2.74. The smallest absolute Gasteiger partial charge is 0.256 e. The number of hydrogen-bond donors (Lipinski definition) is 0. The third-order valence-corrected chi connectivity index (χ3v) is 5.00. The molecule has 2 aromatic rings. The number of nitrogens with zero attached hydrogens (tertiary/aromatic N) is 5. The first-order valence-corrected chi connectivity index (χ1v) is 9.16. The van der Waals surface area contributed by atoms with Crippen molar-refractivity contribution in [3.8, 4) is 0 Å². The minimum atomic E-state index is -0.474. The summed E-state index contributed by atoms with van der Waals surface area (Å²) in [6.07, 6.45) is 1.75. The second-order valence-corrected chi connectivity index (χ2v) is 6.63. The molecule has 0 aliphatic carbocycles. The second-order valence-electron chi connectivity index (χ2n) is 6.63. The van der Waals surface area contributed by atoms with Gasteiger partial charge in [0.15, 0.2) is 5.82 Å². The van der Waals surface area contributed by atoms with Crippen LogP contribution in [0.5, 0.6) is 0 Å². The van der Waals surface area contributed by atoms with Crippen molar-refractivity contribution in [3.63, 3.8) is 0 Å². The fourth-order valence-electron chi connectivity index (χ4n) is 3.44. The molecule has 0 atom stereocenters. The minimum absolute atomic E-state index is 0.131. The number of carbonyl (C=O) groups excluding carboxylic acids is 1. The first-order valence-electron chi connectivity index (χ1n) is 9.16. The van der Waals surface area contributed by atoms with Crippen LogP contribution in [-0.4, -0.2) is 73.5 Å². The second kappa shape index (κ2) is 7.87. The number of aromatic nitrogens is 2. The van der Waals surface area contributed by atoms with E-state index in [1.807, 2.05) is 6.07 Å². The highest BCUT2D eigenvalue weighted by Crippen LogP contribution is 2.21. The number of anilines is 2. The molecule has 2 fully saturated rings. The molecule has 0 saturated carbocycles. The van der Waals surface area contributed by atoms with Gasteiger partial charge in [-0.3, -0.25) is 4.79 Å². The lowest BCUT2D eigenvalue weighted by atomic mass is 10.1. The molecule has 27 heavy (non-hydrogen) atoms. The molecule has 1 aromatic heterocycles. The predicted molar refractivity (Wildman–Crippen MR) is 99.6 cm³/mol. The highest BCUT2D eigenvalue weighted by atomic mass is 19.1. The molecule has 2 saturated heterocycles. The fourth-order valence-corrected chi connectivity index (χ4v) is 3.44. The molecule has 7 nitrogen and oxygen atoms in total. The molecule has 2 aliphatic heterocycles. The summed E-state index contributed by atoms with van der Waals surface area (Å²) in [4.78, 5) is 18.6. The fraction of sp³-hybridized carbons (Fsp3) is 0.421. The van der Waals surface area contributed by atoms with E-state index in [0.717, 1.165) is 24.6 Å². The molecule has 2 aliphatic rings. The molecular formula is C19H22FN5O2. The summed E-state index contributed by atoms with van der Waals surface area (Å²) in [7, 11) is 0. The molecule has 1 amide bonds. The Balaban J connectivity index is 1.40. The molecule has 142 valence electrons. The Morgan fingerprint density at radius 2 is 1.74 bits per heavy atom. The van der Waals surface area contributed by atoms with E-state index in [4.69, 9.17) is 4.74 Å². The number of amides is 1. The van der Waals surface area contributed by atoms with Crippen LogP contribution in [-0.2, 0) is 4.74 Å². The van der Waals surface area contributed by atoms with Crippen molar-refractivity contribution in [3.05, 3.63) is 47.9 Å². The van der Waals surface area contributed by atoms with Gasteiger partial charge in [-0.15, -0.1) is 5.10 Å². The number of hydrogen-bond acceptors (Lipinski definition) is 6. The maximum absolute atomic E-state index is 13.9. The van der Waals surface area contributed by atoms with Crippen LogP contribution in [0.2, 0.25) is 0 Å². The lowest BCUT2D eigenvalue weighted by molar-refractivity contribution is 0.0742. The number of piperazine rings is 1. The van der Waals surface area contributed by atoms with Crippen molar-refractivity contribution in [1.82, 2.24) is 15.1 Å². The van der Waals surface area contributed by atoms with Crippen LogP contribution in [0.4, 0.5) is 15.9 Å². The molecule has 0 radical (unpaired) electrons. The number of carbonyl (C=O) groups is 1. The summed E-state index contributed by atoms with van der Waals surface area (Å²) in [6, 6.07) is 8.16. The van der Waals surface area contributed by atoms with Crippen molar-refractivity contribution >= 4 is 17.4 Å². The maximum Gasteiger partial charge on any atom is 0.256 e. The topological polar surface area (TPSA) is 61.8 Å². The Bertz CT molecular complexity index is 804. The van der Waals surface area contributed by atoms with E-state index in [-0.39, 0.29) is 11.5 Å². The number of benzene rings is 1. The molecule has 8 heteroatoms. The standard InChI is InChI=1S/C19H22FN5O2/c20-17-4-2-1-3-16(17)19(26)25-7-5-23(6-8-25)15-13-18(22-21-14-15)24-9-11-27-12-10-24/h1-4,13-14H,5-12H2. The van der Waals surface area contributed by atoms with Crippen LogP contribution >= 0.6 is 0 Å². The van der Waals surface area contributed by atoms with Gasteiger partial charge in [0.05, 0.1) is 30.7 Å². The summed E-state index contributed by atoms with van der Waals surface area (Å²) in [5, 5.41) is 8.38. The Morgan fingerprint density at radius 3 is 2.48 bits per heavy atom. The zero-order chi connectivity index (χ0) is 18.6. The number of ether oxygens (including phenoxy) is 1. The van der Waals surface area contributed by atoms with Gasteiger partial charge < -0.3 is 19.4 Å². The molecule has 4 rings (SSSR count). The predicted octanol–water partition coefficient (Wildman–Crippen LogP) is 1.41. The van der Waals surface area contributed by atoms with Crippen molar-refractivity contribution in [2.24, 2.45) is 0 Å². The van der Waals surface area contributed by atoms with Gasteiger partial charge in [-0.25, -0.2) is 4.39 Å². The number of halogens is 1. The van der Waals surface area contributed by atoms with E-state index >= 15 is 0 Å². The van der Waals surface area contributed by atoms with Gasteiger partial charge in [0, 0.05) is 45.3 Å². The van der Waals surface area contributed by atoms with Crippen molar-refractivity contribution < 1.29 is 13.9 Å². The maximum atomic E-state index is 13.9. The van der Waals surface area contributed by atoms with Crippen LogP contribution in [0, 0.1) is 5.82 Å². The molecule has 0 bridgehead atoms. The average Bonchev–Trinajstić information content (AvgIpc) is 2.74. The SMILES string of the molecule is O=C(c1ccccc1F)N1CCN(c2cnnc(N3CCOCC3)c2)CC1. The number of rotatable bonds is 3. The molecule has 0 N–H and O–H groups in total. The summed E-state index contributed by atoms with van der Waals surface area (Å²) < 4.78 is 19.3. The van der Waals surface area contributed by atoms with Gasteiger partial charge >= 0.3 is 0 Å². The lowest BCUT2D eigenvalue weighted by Gasteiger charge is -2.36. The molecule has 0 spiro atoms. The highest BCUT2D eigenvalue weighted by molar-refractivity contribution is 5.94. The third-order valence-electron chi connectivity index (χ3n) is 5.00. The van der Waals surface area contributed by atoms with E-state index in [1.165, 1.54) is 12.1 Å². The van der Waals surface area contributed by atoms with Crippen molar-refractivity contribution in [2.75, 3.05) is 62.3 Å². The van der Waals surface area contributed by atoms with E-state index in [0.29, 0.717) is 39.4 Å². The summed E-state index contributed by atoms with van der Waals surface area (Å²) in [5.74, 6) is 0.119. The average molecular weight is 371 g/mol. The van der Waals surface area contributed by atoms with Crippen LogP contribution in [0.25, 0.3) is 0 Å².